The fourth-order valence-electron chi connectivity index (χ4n) is 3.08. The van der Waals surface area contributed by atoms with Crippen molar-refractivity contribution < 1.29 is 14.3 Å². The standard InChI is InChI=1S/C22H28ClN7O3/c1-22(2,3)33-21(31)25-9-6-5-7-14-20(16(32-4)8-10-24-14)15-11-18(30-29-15)28-19-13-26-17(23)12-27-19/h8,10-13H,5-7,9H2,1-4H3,(H,25,31)(H2,27,28,29,30). The third-order valence-corrected chi connectivity index (χ3v) is 4.64. The Labute approximate surface area is 197 Å². The second kappa shape index (κ2) is 11.0. The van der Waals surface area contributed by atoms with Crippen LogP contribution in [0.15, 0.2) is 30.7 Å². The van der Waals surface area contributed by atoms with Crippen LogP contribution < -0.4 is 15.4 Å². The number of anilines is 2. The zero-order chi connectivity index (χ0) is 23.8. The molecule has 3 aromatic rings. The fraction of sp³-hybridized carbons (Fsp3) is 0.409. The molecule has 0 atom stereocenters. The van der Waals surface area contributed by atoms with E-state index in [0.29, 0.717) is 35.5 Å². The largest absolute Gasteiger partial charge is 0.496 e. The summed E-state index contributed by atoms with van der Waals surface area (Å²) >= 11 is 5.78. The lowest BCUT2D eigenvalue weighted by molar-refractivity contribution is 0.0527. The van der Waals surface area contributed by atoms with Crippen molar-refractivity contribution in [3.05, 3.63) is 41.6 Å². The number of nitrogens with zero attached hydrogens (tertiary/aromatic N) is 4. The quantitative estimate of drug-likeness (QED) is 0.387. The van der Waals surface area contributed by atoms with Crippen LogP contribution in [0.5, 0.6) is 5.75 Å². The van der Waals surface area contributed by atoms with E-state index in [-0.39, 0.29) is 0 Å². The molecular formula is C22H28ClN7O3. The number of aryl methyl sites for hydroxylation is 1. The van der Waals surface area contributed by atoms with Gasteiger partial charge in [0.15, 0.2) is 5.82 Å². The van der Waals surface area contributed by atoms with Gasteiger partial charge in [-0.25, -0.2) is 14.8 Å². The number of halogens is 1. The van der Waals surface area contributed by atoms with E-state index in [0.717, 1.165) is 29.8 Å². The first-order valence-electron chi connectivity index (χ1n) is 10.5. The van der Waals surface area contributed by atoms with Crippen LogP contribution >= 0.6 is 11.6 Å². The molecule has 3 N–H and O–H groups in total. The maximum atomic E-state index is 11.8. The molecule has 0 aliphatic carbocycles. The zero-order valence-corrected chi connectivity index (χ0v) is 19.9. The van der Waals surface area contributed by atoms with Crippen molar-refractivity contribution in [3.63, 3.8) is 0 Å². The van der Waals surface area contributed by atoms with E-state index in [2.05, 4.69) is 35.8 Å². The van der Waals surface area contributed by atoms with Crippen molar-refractivity contribution in [1.29, 1.82) is 0 Å². The Kier molecular flexibility index (Phi) is 8.05. The van der Waals surface area contributed by atoms with Crippen molar-refractivity contribution >= 4 is 29.3 Å². The van der Waals surface area contributed by atoms with E-state index < -0.39 is 11.7 Å². The summed E-state index contributed by atoms with van der Waals surface area (Å²) in [6, 6.07) is 3.66. The van der Waals surface area contributed by atoms with Crippen LogP contribution in [0.3, 0.4) is 0 Å². The van der Waals surface area contributed by atoms with Crippen LogP contribution in [0.4, 0.5) is 16.4 Å². The maximum Gasteiger partial charge on any atom is 0.407 e. The van der Waals surface area contributed by atoms with Crippen molar-refractivity contribution in [1.82, 2.24) is 30.5 Å². The Morgan fingerprint density at radius 1 is 1.15 bits per heavy atom. The molecule has 3 rings (SSSR count). The highest BCUT2D eigenvalue weighted by Crippen LogP contribution is 2.33. The molecule has 1 amide bonds. The van der Waals surface area contributed by atoms with Gasteiger partial charge in [-0.1, -0.05) is 11.6 Å². The minimum atomic E-state index is -0.512. The van der Waals surface area contributed by atoms with Crippen LogP contribution in [0.1, 0.15) is 39.3 Å². The predicted molar refractivity (Wildman–Crippen MR) is 126 cm³/mol. The monoisotopic (exact) mass is 473 g/mol. The average Bonchev–Trinajstić information content (AvgIpc) is 3.21. The van der Waals surface area contributed by atoms with Crippen molar-refractivity contribution in [3.8, 4) is 17.0 Å². The maximum absolute atomic E-state index is 11.8. The van der Waals surface area contributed by atoms with Gasteiger partial charge in [0.2, 0.25) is 0 Å². The van der Waals surface area contributed by atoms with E-state index in [4.69, 9.17) is 21.1 Å². The summed E-state index contributed by atoms with van der Waals surface area (Å²) in [6.07, 6.45) is 6.59. The van der Waals surface area contributed by atoms with Gasteiger partial charge in [0.25, 0.3) is 0 Å². The highest BCUT2D eigenvalue weighted by molar-refractivity contribution is 6.29. The number of aromatic nitrogens is 5. The van der Waals surface area contributed by atoms with Gasteiger partial charge < -0.3 is 20.1 Å². The van der Waals surface area contributed by atoms with Crippen LogP contribution in [0.2, 0.25) is 5.15 Å². The van der Waals surface area contributed by atoms with E-state index in [1.807, 2.05) is 32.9 Å². The van der Waals surface area contributed by atoms with Gasteiger partial charge in [-0.05, 0) is 46.1 Å². The number of aromatic amines is 1. The number of unbranched alkanes of at least 4 members (excludes halogenated alkanes) is 1. The average molecular weight is 474 g/mol. The second-order valence-corrected chi connectivity index (χ2v) is 8.62. The number of carbonyl (C=O) groups is 1. The molecule has 0 aliphatic rings. The number of pyridine rings is 1. The number of hydrogen-bond acceptors (Lipinski definition) is 8. The zero-order valence-electron chi connectivity index (χ0n) is 19.1. The van der Waals surface area contributed by atoms with Gasteiger partial charge in [-0.3, -0.25) is 10.1 Å². The summed E-state index contributed by atoms with van der Waals surface area (Å²) in [5, 5.41) is 13.5. The van der Waals surface area contributed by atoms with E-state index in [1.165, 1.54) is 12.4 Å². The van der Waals surface area contributed by atoms with Gasteiger partial charge in [0, 0.05) is 18.8 Å². The van der Waals surface area contributed by atoms with Gasteiger partial charge >= 0.3 is 6.09 Å². The summed E-state index contributed by atoms with van der Waals surface area (Å²) in [6.45, 7) is 6.03. The minimum absolute atomic E-state index is 0.314. The van der Waals surface area contributed by atoms with E-state index >= 15 is 0 Å². The van der Waals surface area contributed by atoms with Crippen molar-refractivity contribution in [2.75, 3.05) is 19.0 Å². The molecule has 0 spiro atoms. The number of amides is 1. The molecule has 176 valence electrons. The number of H-pyrrole nitrogens is 1. The van der Waals surface area contributed by atoms with Crippen LogP contribution in [0, 0.1) is 0 Å². The molecule has 0 bridgehead atoms. The molecule has 3 aromatic heterocycles. The molecular weight excluding hydrogens is 446 g/mol. The number of ether oxygens (including phenoxy) is 2. The van der Waals surface area contributed by atoms with E-state index in [1.54, 1.807) is 13.3 Å². The summed E-state index contributed by atoms with van der Waals surface area (Å²) in [7, 11) is 1.62. The summed E-state index contributed by atoms with van der Waals surface area (Å²) in [5.74, 6) is 1.78. The number of methoxy groups -OCH3 is 1. The number of alkyl carbamates (subject to hydrolysis) is 1. The Morgan fingerprint density at radius 3 is 2.67 bits per heavy atom. The van der Waals surface area contributed by atoms with Crippen molar-refractivity contribution in [2.45, 2.75) is 45.6 Å². The topological polar surface area (TPSA) is 127 Å². The lowest BCUT2D eigenvalue weighted by Gasteiger charge is -2.19. The normalized spacial score (nSPS) is 11.2. The first-order chi connectivity index (χ1) is 15.7. The Morgan fingerprint density at radius 2 is 1.97 bits per heavy atom. The number of rotatable bonds is 9. The number of hydrogen-bond donors (Lipinski definition) is 3. The summed E-state index contributed by atoms with van der Waals surface area (Å²) in [5.41, 5.74) is 1.95. The second-order valence-electron chi connectivity index (χ2n) is 8.24. The summed E-state index contributed by atoms with van der Waals surface area (Å²) < 4.78 is 10.8. The van der Waals surface area contributed by atoms with Gasteiger partial charge in [0.05, 0.1) is 36.5 Å². The molecule has 0 aromatic carbocycles. The lowest BCUT2D eigenvalue weighted by atomic mass is 10.0. The molecule has 0 saturated heterocycles. The fourth-order valence-corrected chi connectivity index (χ4v) is 3.17. The predicted octanol–water partition coefficient (Wildman–Crippen LogP) is 4.51. The highest BCUT2D eigenvalue weighted by atomic mass is 35.5. The van der Waals surface area contributed by atoms with E-state index in [9.17, 15) is 4.79 Å². The molecule has 11 heteroatoms. The third-order valence-electron chi connectivity index (χ3n) is 4.44. The van der Waals surface area contributed by atoms with Gasteiger partial charge in [-0.15, -0.1) is 0 Å². The first kappa shape index (κ1) is 24.2. The first-order valence-corrected chi connectivity index (χ1v) is 10.9. The lowest BCUT2D eigenvalue weighted by Crippen LogP contribution is -2.33. The third kappa shape index (κ3) is 7.31. The smallest absolute Gasteiger partial charge is 0.407 e. The van der Waals surface area contributed by atoms with Crippen LogP contribution in [-0.2, 0) is 11.2 Å². The van der Waals surface area contributed by atoms with Crippen LogP contribution in [0.25, 0.3) is 11.3 Å². The van der Waals surface area contributed by atoms with Gasteiger partial charge in [0.1, 0.15) is 22.3 Å². The Hall–Kier alpha value is -3.40. The minimum Gasteiger partial charge on any atom is -0.496 e. The number of nitrogens with one attached hydrogen (secondary N) is 3. The number of carbonyl (C=O) groups excluding carboxylic acids is 1. The molecule has 0 unspecified atom stereocenters. The summed E-state index contributed by atoms with van der Waals surface area (Å²) in [4.78, 5) is 24.5. The van der Waals surface area contributed by atoms with Crippen molar-refractivity contribution in [2.24, 2.45) is 0 Å². The SMILES string of the molecule is COc1ccnc(CCCCNC(=O)OC(C)(C)C)c1-c1cc(Nc2cnc(Cl)cn2)n[nH]1. The highest BCUT2D eigenvalue weighted by Gasteiger charge is 2.17. The molecule has 3 heterocycles. The Bertz CT molecular complexity index is 1060. The molecule has 0 saturated carbocycles. The molecule has 0 aliphatic heterocycles. The Balaban J connectivity index is 1.64. The molecule has 0 fully saturated rings. The van der Waals surface area contributed by atoms with Gasteiger partial charge in [-0.2, -0.15) is 5.10 Å². The molecule has 0 radical (unpaired) electrons. The molecule has 33 heavy (non-hydrogen) atoms. The molecule has 10 nitrogen and oxygen atoms in total. The van der Waals surface area contributed by atoms with Crippen LogP contribution in [-0.4, -0.2) is 50.5 Å².